The number of sulfonamides is 2. The van der Waals surface area contributed by atoms with Gasteiger partial charge in [-0.1, -0.05) is 12.2 Å². The minimum Gasteiger partial charge on any atom is -0.225 e. The topological polar surface area (TPSA) is 120 Å². The molecule has 4 N–H and O–H groups in total. The van der Waals surface area contributed by atoms with Gasteiger partial charge in [-0.2, -0.15) is 26.3 Å². The van der Waals surface area contributed by atoms with Crippen LogP contribution >= 0.6 is 0 Å². The Bertz CT molecular complexity index is 587. The zero-order valence-electron chi connectivity index (χ0n) is 11.4. The third-order valence-electron chi connectivity index (χ3n) is 2.04. The first-order valence-electron chi connectivity index (χ1n) is 5.31. The summed E-state index contributed by atoms with van der Waals surface area (Å²) in [6.45, 7) is 7.10. The summed E-state index contributed by atoms with van der Waals surface area (Å²) in [5.74, 6) is -6.83. The Morgan fingerprint density at radius 2 is 1.04 bits per heavy atom. The Morgan fingerprint density at radius 3 is 1.13 bits per heavy atom. The number of rotatable bonds is 6. The predicted molar refractivity (Wildman–Crippen MR) is 70.7 cm³/mol. The Labute approximate surface area is 128 Å². The second-order valence-electron chi connectivity index (χ2n) is 3.85. The van der Waals surface area contributed by atoms with Crippen LogP contribution in [0, 0.1) is 0 Å². The molecule has 138 valence electrons. The Balaban J connectivity index is 0. The molecular weight excluding hydrogens is 378 g/mol. The fourth-order valence-electron chi connectivity index (χ4n) is 0.924. The van der Waals surface area contributed by atoms with E-state index in [-0.39, 0.29) is 0 Å². The molecule has 14 heteroatoms. The van der Waals surface area contributed by atoms with E-state index < -0.39 is 36.5 Å². The Morgan fingerprint density at radius 1 is 0.783 bits per heavy atom. The molecule has 0 heterocycles. The van der Waals surface area contributed by atoms with Gasteiger partial charge in [0.2, 0.25) is 0 Å². The van der Waals surface area contributed by atoms with Gasteiger partial charge in [-0.3, -0.25) is 0 Å². The van der Waals surface area contributed by atoms with Gasteiger partial charge in [-0.25, -0.2) is 27.1 Å². The first-order valence-corrected chi connectivity index (χ1v) is 8.41. The quantitative estimate of drug-likeness (QED) is 0.404. The molecule has 0 aliphatic carbocycles. The van der Waals surface area contributed by atoms with Crippen LogP contribution in [0.25, 0.3) is 0 Å². The molecule has 0 spiro atoms. The number of halogens is 6. The molecule has 0 rings (SSSR count). The van der Waals surface area contributed by atoms with Crippen LogP contribution in [0.4, 0.5) is 26.3 Å². The van der Waals surface area contributed by atoms with Crippen molar-refractivity contribution in [2.45, 2.75) is 29.3 Å². The van der Waals surface area contributed by atoms with E-state index in [1.807, 2.05) is 12.2 Å². The highest BCUT2D eigenvalue weighted by molar-refractivity contribution is 8.08. The molecule has 0 bridgehead atoms. The van der Waals surface area contributed by atoms with Crippen LogP contribution in [-0.2, 0) is 20.0 Å². The minimum absolute atomic E-state index is 1.06. The van der Waals surface area contributed by atoms with Gasteiger partial charge in [-0.05, 0) is 12.8 Å². The smallest absolute Gasteiger partial charge is 0.225 e. The highest BCUT2D eigenvalue weighted by Gasteiger charge is 2.82. The van der Waals surface area contributed by atoms with E-state index in [2.05, 4.69) is 23.4 Å². The largest absolute Gasteiger partial charge is 0.459 e. The summed E-state index contributed by atoms with van der Waals surface area (Å²) in [5, 5.41) is 7.48. The van der Waals surface area contributed by atoms with Gasteiger partial charge in [-0.15, -0.1) is 13.2 Å². The summed E-state index contributed by atoms with van der Waals surface area (Å²) >= 11 is 0. The maximum atomic E-state index is 13.2. The number of unbranched alkanes of at least 4 members (excludes halogenated alkanes) is 1. The third kappa shape index (κ3) is 5.19. The molecular formula is C9H14F6N2O4S2. The van der Waals surface area contributed by atoms with E-state index in [9.17, 15) is 43.2 Å². The highest BCUT2D eigenvalue weighted by Crippen LogP contribution is 2.49. The molecule has 6 nitrogen and oxygen atoms in total. The number of alkyl halides is 6. The molecule has 0 fully saturated rings. The lowest BCUT2D eigenvalue weighted by molar-refractivity contribution is -0.299. The van der Waals surface area contributed by atoms with Crippen molar-refractivity contribution in [2.75, 3.05) is 0 Å². The summed E-state index contributed by atoms with van der Waals surface area (Å²) in [6.07, 6.45) is -0.934. The lowest BCUT2D eigenvalue weighted by Crippen LogP contribution is -2.66. The molecule has 0 atom stereocenters. The van der Waals surface area contributed by atoms with Crippen molar-refractivity contribution in [3.8, 4) is 0 Å². The van der Waals surface area contributed by atoms with Crippen LogP contribution in [0.5, 0.6) is 0 Å². The summed E-state index contributed by atoms with van der Waals surface area (Å²) < 4.78 is 109. The van der Waals surface area contributed by atoms with E-state index in [1.54, 1.807) is 0 Å². The van der Waals surface area contributed by atoms with Crippen LogP contribution in [0.3, 0.4) is 0 Å². The SMILES string of the molecule is C=CCCC=C.NS(=O)(=O)C(F)(C(F)(F)C(F)(F)F)S(N)(=O)=O. The van der Waals surface area contributed by atoms with Gasteiger partial charge in [0, 0.05) is 0 Å². The van der Waals surface area contributed by atoms with Crippen molar-refractivity contribution in [1.29, 1.82) is 0 Å². The first kappa shape index (κ1) is 24.1. The predicted octanol–water partition coefficient (Wildman–Crippen LogP) is 1.52. The average Bonchev–Trinajstić information content (AvgIpc) is 2.31. The van der Waals surface area contributed by atoms with Gasteiger partial charge in [0.1, 0.15) is 0 Å². The van der Waals surface area contributed by atoms with Crippen molar-refractivity contribution in [3.63, 3.8) is 0 Å². The summed E-state index contributed by atoms with van der Waals surface area (Å²) in [6, 6.07) is 0. The second-order valence-corrected chi connectivity index (χ2v) is 7.42. The molecule has 0 aromatic carbocycles. The second kappa shape index (κ2) is 7.63. The van der Waals surface area contributed by atoms with Crippen LogP contribution < -0.4 is 10.3 Å². The molecule has 0 aliphatic heterocycles. The fourth-order valence-corrected chi connectivity index (χ4v) is 3.17. The number of hydrogen-bond donors (Lipinski definition) is 2. The molecule has 0 amide bonds. The third-order valence-corrected chi connectivity index (χ3v) is 5.41. The average molecular weight is 392 g/mol. The lowest BCUT2D eigenvalue weighted by atomic mass is 10.3. The summed E-state index contributed by atoms with van der Waals surface area (Å²) in [5.41, 5.74) is 0. The first-order chi connectivity index (χ1) is 9.91. The number of nitrogens with two attached hydrogens (primary N) is 2. The molecule has 23 heavy (non-hydrogen) atoms. The Hall–Kier alpha value is -1.12. The van der Waals surface area contributed by atoms with Crippen molar-refractivity contribution in [3.05, 3.63) is 25.3 Å². The molecule has 0 aromatic heterocycles. The van der Waals surface area contributed by atoms with Crippen LogP contribution in [0.2, 0.25) is 0 Å². The highest BCUT2D eigenvalue weighted by atomic mass is 32.3. The zero-order valence-corrected chi connectivity index (χ0v) is 13.0. The molecule has 0 saturated heterocycles. The van der Waals surface area contributed by atoms with Crippen LogP contribution in [0.15, 0.2) is 25.3 Å². The summed E-state index contributed by atoms with van der Waals surface area (Å²) in [7, 11) is -13.0. The van der Waals surface area contributed by atoms with Gasteiger partial charge in [0.15, 0.2) is 0 Å². The van der Waals surface area contributed by atoms with Crippen LogP contribution in [0.1, 0.15) is 12.8 Å². The molecule has 0 unspecified atom stereocenters. The standard InChI is InChI=1S/C6H10.C3H4F6N2O4S2/c1-3-5-6-4-2;4-1(5,2(6,7)8)3(9,16(10,12)13)17(11,14)15/h3-4H,1-2,5-6H2;(H2,10,12,13)(H2,11,14,15). The van der Waals surface area contributed by atoms with Crippen molar-refractivity contribution in [2.24, 2.45) is 10.3 Å². The molecule has 0 saturated carbocycles. The normalized spacial score (nSPS) is 13.7. The van der Waals surface area contributed by atoms with E-state index in [0.717, 1.165) is 12.8 Å². The van der Waals surface area contributed by atoms with Gasteiger partial charge in [0.25, 0.3) is 20.0 Å². The zero-order chi connectivity index (χ0) is 19.3. The molecule has 0 radical (unpaired) electrons. The molecule has 0 aliphatic rings. The maximum absolute atomic E-state index is 13.2. The van der Waals surface area contributed by atoms with E-state index in [1.165, 1.54) is 0 Å². The Kier molecular flexibility index (Phi) is 8.01. The van der Waals surface area contributed by atoms with E-state index in [4.69, 9.17) is 0 Å². The lowest BCUT2D eigenvalue weighted by Gasteiger charge is -2.30. The monoisotopic (exact) mass is 392 g/mol. The fraction of sp³-hybridized carbons (Fsp3) is 0.556. The number of primary sulfonamides is 2. The van der Waals surface area contributed by atoms with Crippen LogP contribution in [-0.4, -0.2) is 33.3 Å². The van der Waals surface area contributed by atoms with Gasteiger partial charge < -0.3 is 0 Å². The van der Waals surface area contributed by atoms with Crippen molar-refractivity contribution >= 4 is 20.0 Å². The maximum Gasteiger partial charge on any atom is 0.459 e. The summed E-state index contributed by atoms with van der Waals surface area (Å²) in [4.78, 5) is 0. The minimum atomic E-state index is -6.83. The van der Waals surface area contributed by atoms with E-state index in [0.29, 0.717) is 0 Å². The molecule has 0 aromatic rings. The number of allylic oxidation sites excluding steroid dienone is 2. The van der Waals surface area contributed by atoms with Gasteiger partial charge >= 0.3 is 16.4 Å². The number of hydrogen-bond acceptors (Lipinski definition) is 4. The van der Waals surface area contributed by atoms with Crippen molar-refractivity contribution < 1.29 is 43.2 Å². The van der Waals surface area contributed by atoms with Crippen molar-refractivity contribution in [1.82, 2.24) is 0 Å². The van der Waals surface area contributed by atoms with E-state index >= 15 is 0 Å². The van der Waals surface area contributed by atoms with Gasteiger partial charge in [0.05, 0.1) is 0 Å².